The third kappa shape index (κ3) is 5.77. The van der Waals surface area contributed by atoms with Crippen LogP contribution in [0.1, 0.15) is 11.1 Å². The Hall–Kier alpha value is -2.57. The van der Waals surface area contributed by atoms with E-state index in [-0.39, 0.29) is 19.1 Å². The maximum atomic E-state index is 12.1. The van der Waals surface area contributed by atoms with Crippen molar-refractivity contribution in [2.24, 2.45) is 0 Å². The van der Waals surface area contributed by atoms with Crippen LogP contribution in [0.5, 0.6) is 11.5 Å². The van der Waals surface area contributed by atoms with Gasteiger partial charge >= 0.3 is 0 Å². The lowest BCUT2D eigenvalue weighted by Gasteiger charge is -2.12. The molecular formula is C19H25N2O4+. The molecule has 0 aliphatic heterocycles. The summed E-state index contributed by atoms with van der Waals surface area (Å²) >= 11 is 0. The molecule has 0 bridgehead atoms. The molecule has 0 atom stereocenters. The number of hydrogen-bond acceptors (Lipinski definition) is 4. The van der Waals surface area contributed by atoms with Crippen LogP contribution in [-0.4, -0.2) is 37.9 Å². The molecule has 0 fully saturated rings. The molecule has 0 heterocycles. The Morgan fingerprint density at radius 1 is 1.20 bits per heavy atom. The van der Waals surface area contributed by atoms with Gasteiger partial charge in [0.05, 0.1) is 20.3 Å². The van der Waals surface area contributed by atoms with E-state index in [4.69, 9.17) is 14.6 Å². The van der Waals surface area contributed by atoms with E-state index in [1.807, 2.05) is 48.6 Å². The highest BCUT2D eigenvalue weighted by atomic mass is 16.5. The van der Waals surface area contributed by atoms with Crippen LogP contribution in [0.2, 0.25) is 0 Å². The Kier molecular flexibility index (Phi) is 7.25. The van der Waals surface area contributed by atoms with E-state index in [2.05, 4.69) is 5.32 Å². The summed E-state index contributed by atoms with van der Waals surface area (Å²) in [5.74, 6) is 0.878. The summed E-state index contributed by atoms with van der Waals surface area (Å²) in [7, 11) is 1.57. The molecule has 0 aliphatic rings. The third-order valence-electron chi connectivity index (χ3n) is 3.72. The van der Waals surface area contributed by atoms with Gasteiger partial charge in [0.2, 0.25) is 0 Å². The zero-order valence-electron chi connectivity index (χ0n) is 14.6. The molecular weight excluding hydrogens is 320 g/mol. The van der Waals surface area contributed by atoms with Gasteiger partial charge in [0, 0.05) is 11.3 Å². The number of para-hydroxylation sites is 1. The van der Waals surface area contributed by atoms with Crippen molar-refractivity contribution < 1.29 is 24.7 Å². The zero-order chi connectivity index (χ0) is 18.1. The molecule has 0 saturated carbocycles. The minimum absolute atomic E-state index is 0.0965. The number of benzene rings is 2. The molecule has 0 saturated heterocycles. The van der Waals surface area contributed by atoms with E-state index in [9.17, 15) is 4.79 Å². The van der Waals surface area contributed by atoms with E-state index in [0.717, 1.165) is 23.4 Å². The molecule has 2 rings (SSSR count). The van der Waals surface area contributed by atoms with Crippen molar-refractivity contribution in [3.05, 3.63) is 53.6 Å². The largest absolute Gasteiger partial charge is 0.493 e. The van der Waals surface area contributed by atoms with Crippen molar-refractivity contribution in [1.82, 2.24) is 0 Å². The predicted molar refractivity (Wildman–Crippen MR) is 95.9 cm³/mol. The lowest BCUT2D eigenvalue weighted by molar-refractivity contribution is -0.671. The minimum atomic E-state index is -0.225. The van der Waals surface area contributed by atoms with Crippen LogP contribution >= 0.6 is 0 Å². The molecule has 1 amide bonds. The first-order valence-electron chi connectivity index (χ1n) is 8.21. The van der Waals surface area contributed by atoms with E-state index in [0.29, 0.717) is 18.0 Å². The van der Waals surface area contributed by atoms with Gasteiger partial charge in [0.1, 0.15) is 6.54 Å². The van der Waals surface area contributed by atoms with Crippen LogP contribution in [0.4, 0.5) is 5.69 Å². The monoisotopic (exact) mass is 345 g/mol. The first kappa shape index (κ1) is 18.8. The van der Waals surface area contributed by atoms with Gasteiger partial charge in [0.15, 0.2) is 18.1 Å². The fourth-order valence-corrected chi connectivity index (χ4v) is 2.36. The normalized spacial score (nSPS) is 10.4. The summed E-state index contributed by atoms with van der Waals surface area (Å²) in [6.07, 6.45) is 0. The topological polar surface area (TPSA) is 84.4 Å². The number of amides is 1. The molecule has 0 aliphatic carbocycles. The maximum absolute atomic E-state index is 12.1. The molecule has 0 radical (unpaired) electrons. The standard InChI is InChI=1S/C19H24N2O4/c1-14-5-3-4-6-16(14)21-19(23)13-25-17-8-7-15(11-18(17)24-2)12-20-9-10-22/h3-8,11,20,22H,9-10,12-13H2,1-2H3,(H,21,23)/p+1. The lowest BCUT2D eigenvalue weighted by Crippen LogP contribution is -2.83. The number of methoxy groups -OCH3 is 1. The number of aryl methyl sites for hydroxylation is 1. The van der Waals surface area contributed by atoms with E-state index in [1.165, 1.54) is 0 Å². The minimum Gasteiger partial charge on any atom is -0.493 e. The Balaban J connectivity index is 1.93. The average molecular weight is 345 g/mol. The number of aliphatic hydroxyl groups is 1. The Bertz CT molecular complexity index is 704. The third-order valence-corrected chi connectivity index (χ3v) is 3.72. The number of carbonyl (C=O) groups excluding carboxylic acids is 1. The molecule has 0 aromatic heterocycles. The van der Waals surface area contributed by atoms with E-state index < -0.39 is 0 Å². The fourth-order valence-electron chi connectivity index (χ4n) is 2.36. The molecule has 0 unspecified atom stereocenters. The summed E-state index contributed by atoms with van der Waals surface area (Å²) in [6.45, 7) is 3.38. The van der Waals surface area contributed by atoms with Gasteiger partial charge in [-0.15, -0.1) is 0 Å². The zero-order valence-corrected chi connectivity index (χ0v) is 14.6. The molecule has 0 spiro atoms. The summed E-state index contributed by atoms with van der Waals surface area (Å²) in [4.78, 5) is 12.1. The fraction of sp³-hybridized carbons (Fsp3) is 0.316. The van der Waals surface area contributed by atoms with Crippen LogP contribution < -0.4 is 20.1 Å². The number of rotatable bonds is 9. The number of nitrogens with one attached hydrogen (secondary N) is 1. The van der Waals surface area contributed by atoms with Gasteiger partial charge in [-0.3, -0.25) is 4.79 Å². The van der Waals surface area contributed by atoms with E-state index in [1.54, 1.807) is 13.2 Å². The molecule has 6 heteroatoms. The van der Waals surface area contributed by atoms with Crippen LogP contribution in [0.15, 0.2) is 42.5 Å². The van der Waals surface area contributed by atoms with Crippen molar-refractivity contribution in [2.75, 3.05) is 32.2 Å². The Morgan fingerprint density at radius 2 is 2.00 bits per heavy atom. The van der Waals surface area contributed by atoms with Crippen molar-refractivity contribution in [3.63, 3.8) is 0 Å². The smallest absolute Gasteiger partial charge is 0.262 e. The molecule has 2 aromatic rings. The number of anilines is 1. The second kappa shape index (κ2) is 9.66. The van der Waals surface area contributed by atoms with Gasteiger partial charge in [0.25, 0.3) is 5.91 Å². The first-order valence-corrected chi connectivity index (χ1v) is 8.21. The second-order valence-corrected chi connectivity index (χ2v) is 5.64. The summed E-state index contributed by atoms with van der Waals surface area (Å²) in [5, 5.41) is 13.7. The molecule has 4 N–H and O–H groups in total. The summed E-state index contributed by atoms with van der Waals surface area (Å²) in [6, 6.07) is 13.2. The van der Waals surface area contributed by atoms with Crippen molar-refractivity contribution in [3.8, 4) is 11.5 Å². The number of nitrogens with two attached hydrogens (primary N) is 1. The van der Waals surface area contributed by atoms with Crippen LogP contribution in [0, 0.1) is 6.92 Å². The summed E-state index contributed by atoms with van der Waals surface area (Å²) in [5.41, 5.74) is 2.83. The predicted octanol–water partition coefficient (Wildman–Crippen LogP) is 1.08. The quantitative estimate of drug-likeness (QED) is 0.594. The van der Waals surface area contributed by atoms with Gasteiger partial charge in [-0.25, -0.2) is 0 Å². The summed E-state index contributed by atoms with van der Waals surface area (Å²) < 4.78 is 10.9. The highest BCUT2D eigenvalue weighted by Crippen LogP contribution is 2.27. The average Bonchev–Trinajstić information content (AvgIpc) is 2.62. The van der Waals surface area contributed by atoms with Crippen LogP contribution in [-0.2, 0) is 11.3 Å². The van der Waals surface area contributed by atoms with E-state index >= 15 is 0 Å². The van der Waals surface area contributed by atoms with Crippen molar-refractivity contribution in [2.45, 2.75) is 13.5 Å². The van der Waals surface area contributed by atoms with Crippen LogP contribution in [0.3, 0.4) is 0 Å². The number of ether oxygens (including phenoxy) is 2. The Morgan fingerprint density at radius 3 is 2.72 bits per heavy atom. The number of hydrogen-bond donors (Lipinski definition) is 3. The van der Waals surface area contributed by atoms with Crippen LogP contribution in [0.25, 0.3) is 0 Å². The maximum Gasteiger partial charge on any atom is 0.262 e. The molecule has 2 aromatic carbocycles. The second-order valence-electron chi connectivity index (χ2n) is 5.64. The highest BCUT2D eigenvalue weighted by Gasteiger charge is 2.10. The Labute approximate surface area is 147 Å². The van der Waals surface area contributed by atoms with Gasteiger partial charge in [-0.1, -0.05) is 18.2 Å². The molecule has 134 valence electrons. The van der Waals surface area contributed by atoms with Gasteiger partial charge in [-0.2, -0.15) is 0 Å². The molecule has 25 heavy (non-hydrogen) atoms. The number of aliphatic hydroxyl groups excluding tert-OH is 1. The highest BCUT2D eigenvalue weighted by molar-refractivity contribution is 5.92. The first-order chi connectivity index (χ1) is 12.1. The molecule has 6 nitrogen and oxygen atoms in total. The van der Waals surface area contributed by atoms with Crippen molar-refractivity contribution >= 4 is 11.6 Å². The number of carbonyl (C=O) groups is 1. The van der Waals surface area contributed by atoms with Gasteiger partial charge in [-0.05, 0) is 36.8 Å². The number of quaternary nitrogens is 1. The SMILES string of the molecule is COc1cc(C[NH2+]CCO)ccc1OCC(=O)Nc1ccccc1C. The lowest BCUT2D eigenvalue weighted by atomic mass is 10.2. The van der Waals surface area contributed by atoms with Gasteiger partial charge < -0.3 is 25.2 Å². The van der Waals surface area contributed by atoms with Crippen molar-refractivity contribution in [1.29, 1.82) is 0 Å².